The maximum atomic E-state index is 13.7. The van der Waals surface area contributed by atoms with Crippen molar-refractivity contribution in [3.05, 3.63) is 65.5 Å². The summed E-state index contributed by atoms with van der Waals surface area (Å²) in [6, 6.07) is 13.5. The van der Waals surface area contributed by atoms with Gasteiger partial charge in [-0.15, -0.1) is 0 Å². The Kier molecular flexibility index (Phi) is 5.26. The molecule has 2 aliphatic rings. The molecular formula is C23H25FN2O3. The van der Waals surface area contributed by atoms with E-state index in [-0.39, 0.29) is 17.6 Å². The Labute approximate surface area is 170 Å². The molecule has 1 aliphatic heterocycles. The van der Waals surface area contributed by atoms with Gasteiger partial charge in [0.05, 0.1) is 12.5 Å². The Hall–Kier alpha value is -2.89. The number of nitrogens with zero attached hydrogens (tertiary/aromatic N) is 2. The summed E-state index contributed by atoms with van der Waals surface area (Å²) < 4.78 is 18.9. The van der Waals surface area contributed by atoms with Crippen molar-refractivity contribution in [2.24, 2.45) is 0 Å². The second-order valence-corrected chi connectivity index (χ2v) is 7.76. The minimum atomic E-state index is -0.607. The van der Waals surface area contributed by atoms with Crippen LogP contribution in [0.15, 0.2) is 48.5 Å². The van der Waals surface area contributed by atoms with E-state index in [1.807, 2.05) is 11.0 Å². The lowest BCUT2D eigenvalue weighted by atomic mass is 9.63. The molecular weight excluding hydrogens is 371 g/mol. The van der Waals surface area contributed by atoms with Crippen LogP contribution in [0, 0.1) is 5.82 Å². The third-order valence-corrected chi connectivity index (χ3v) is 6.18. The van der Waals surface area contributed by atoms with Crippen LogP contribution in [0.4, 0.5) is 4.39 Å². The average Bonchev–Trinajstić information content (AvgIpc) is 2.73. The molecule has 2 aromatic rings. The number of rotatable bonds is 4. The summed E-state index contributed by atoms with van der Waals surface area (Å²) in [6.07, 6.45) is 2.47. The summed E-state index contributed by atoms with van der Waals surface area (Å²) in [5, 5.41) is 0. The van der Waals surface area contributed by atoms with E-state index < -0.39 is 5.41 Å². The molecule has 29 heavy (non-hydrogen) atoms. The third-order valence-electron chi connectivity index (χ3n) is 6.18. The van der Waals surface area contributed by atoms with Crippen LogP contribution in [-0.2, 0) is 10.2 Å². The highest BCUT2D eigenvalue weighted by atomic mass is 19.1. The maximum Gasteiger partial charge on any atom is 0.253 e. The molecule has 6 heteroatoms. The van der Waals surface area contributed by atoms with Gasteiger partial charge in [0.2, 0.25) is 5.91 Å². The van der Waals surface area contributed by atoms with Crippen LogP contribution < -0.4 is 4.74 Å². The van der Waals surface area contributed by atoms with E-state index in [0.29, 0.717) is 37.5 Å². The van der Waals surface area contributed by atoms with Crippen LogP contribution in [0.2, 0.25) is 0 Å². The molecule has 0 radical (unpaired) electrons. The van der Waals surface area contributed by atoms with Crippen LogP contribution in [0.3, 0.4) is 0 Å². The first-order valence-electron chi connectivity index (χ1n) is 10.0. The highest BCUT2D eigenvalue weighted by Crippen LogP contribution is 2.45. The molecule has 2 aromatic carbocycles. The van der Waals surface area contributed by atoms with Gasteiger partial charge in [0, 0.05) is 31.7 Å². The van der Waals surface area contributed by atoms with Crippen LogP contribution in [0.5, 0.6) is 5.75 Å². The molecule has 5 nitrogen and oxygen atoms in total. The van der Waals surface area contributed by atoms with E-state index >= 15 is 0 Å². The van der Waals surface area contributed by atoms with E-state index in [1.165, 1.54) is 12.1 Å². The predicted molar refractivity (Wildman–Crippen MR) is 107 cm³/mol. The molecule has 0 bridgehead atoms. The maximum absolute atomic E-state index is 13.7. The van der Waals surface area contributed by atoms with Gasteiger partial charge < -0.3 is 14.5 Å². The molecule has 0 unspecified atom stereocenters. The Morgan fingerprint density at radius 1 is 0.966 bits per heavy atom. The van der Waals surface area contributed by atoms with Gasteiger partial charge in [-0.3, -0.25) is 9.59 Å². The molecule has 152 valence electrons. The summed E-state index contributed by atoms with van der Waals surface area (Å²) >= 11 is 0. The van der Waals surface area contributed by atoms with Gasteiger partial charge in [-0.25, -0.2) is 4.39 Å². The number of hydrogen-bond donors (Lipinski definition) is 0. The number of hydrogen-bond acceptors (Lipinski definition) is 3. The standard InChI is InChI=1S/C23H25FN2O3/c1-29-20-8-6-17(7-9-20)21(27)25-12-14-26(15-13-25)22(28)23(10-3-11-23)18-4-2-5-19(24)16-18/h2,4-9,16H,3,10-15H2,1H3. The van der Waals surface area contributed by atoms with Crippen LogP contribution in [0.25, 0.3) is 0 Å². The smallest absolute Gasteiger partial charge is 0.253 e. The van der Waals surface area contributed by atoms with Gasteiger partial charge in [0.15, 0.2) is 0 Å². The topological polar surface area (TPSA) is 49.9 Å². The molecule has 2 fully saturated rings. The largest absolute Gasteiger partial charge is 0.497 e. The molecule has 0 aromatic heterocycles. The number of carbonyl (C=O) groups excluding carboxylic acids is 2. The van der Waals surface area contributed by atoms with Crippen molar-refractivity contribution in [1.82, 2.24) is 9.80 Å². The molecule has 4 rings (SSSR count). The lowest BCUT2D eigenvalue weighted by Gasteiger charge is -2.46. The van der Waals surface area contributed by atoms with Crippen molar-refractivity contribution in [2.75, 3.05) is 33.3 Å². The number of benzene rings is 2. The number of amides is 2. The van der Waals surface area contributed by atoms with E-state index in [4.69, 9.17) is 4.74 Å². The van der Waals surface area contributed by atoms with Gasteiger partial charge in [0.1, 0.15) is 11.6 Å². The Balaban J connectivity index is 1.42. The fourth-order valence-corrected chi connectivity index (χ4v) is 4.27. The predicted octanol–water partition coefficient (Wildman–Crippen LogP) is 3.24. The molecule has 0 spiro atoms. The van der Waals surface area contributed by atoms with Crippen LogP contribution >= 0.6 is 0 Å². The van der Waals surface area contributed by atoms with Crippen molar-refractivity contribution >= 4 is 11.8 Å². The molecule has 1 heterocycles. The quantitative estimate of drug-likeness (QED) is 0.797. The normalized spacial score (nSPS) is 18.1. The number of piperazine rings is 1. The Bertz CT molecular complexity index is 901. The summed E-state index contributed by atoms with van der Waals surface area (Å²) in [4.78, 5) is 29.7. The summed E-state index contributed by atoms with van der Waals surface area (Å²) in [5.41, 5.74) is 0.774. The summed E-state index contributed by atoms with van der Waals surface area (Å²) in [5.74, 6) is 0.422. The van der Waals surface area contributed by atoms with Gasteiger partial charge in [-0.05, 0) is 54.8 Å². The van der Waals surface area contributed by atoms with Gasteiger partial charge in [0.25, 0.3) is 5.91 Å². The number of halogens is 1. The van der Waals surface area contributed by atoms with Crippen LogP contribution in [-0.4, -0.2) is 54.9 Å². The fourth-order valence-electron chi connectivity index (χ4n) is 4.27. The van der Waals surface area contributed by atoms with E-state index in [1.54, 1.807) is 42.3 Å². The van der Waals surface area contributed by atoms with E-state index in [9.17, 15) is 14.0 Å². The van der Waals surface area contributed by atoms with Crippen molar-refractivity contribution in [1.29, 1.82) is 0 Å². The monoisotopic (exact) mass is 396 g/mol. The highest BCUT2D eigenvalue weighted by Gasteiger charge is 2.48. The SMILES string of the molecule is COc1ccc(C(=O)N2CCN(C(=O)C3(c4cccc(F)c4)CCC3)CC2)cc1. The summed E-state index contributed by atoms with van der Waals surface area (Å²) in [6.45, 7) is 1.99. The Morgan fingerprint density at radius 3 is 2.17 bits per heavy atom. The second kappa shape index (κ2) is 7.85. The first-order chi connectivity index (χ1) is 14.0. The zero-order chi connectivity index (χ0) is 20.4. The van der Waals surface area contributed by atoms with E-state index in [2.05, 4.69) is 0 Å². The van der Waals surface area contributed by atoms with E-state index in [0.717, 1.165) is 24.8 Å². The second-order valence-electron chi connectivity index (χ2n) is 7.76. The number of methoxy groups -OCH3 is 1. The minimum absolute atomic E-state index is 0.0387. The molecule has 0 atom stereocenters. The van der Waals surface area contributed by atoms with Gasteiger partial charge in [-0.2, -0.15) is 0 Å². The molecule has 1 saturated heterocycles. The highest BCUT2D eigenvalue weighted by molar-refractivity contribution is 5.95. The van der Waals surface area contributed by atoms with Crippen molar-refractivity contribution in [3.8, 4) is 5.75 Å². The zero-order valence-corrected chi connectivity index (χ0v) is 16.6. The van der Waals surface area contributed by atoms with Crippen LogP contribution in [0.1, 0.15) is 35.2 Å². The Morgan fingerprint density at radius 2 is 1.62 bits per heavy atom. The molecule has 1 saturated carbocycles. The average molecular weight is 396 g/mol. The number of ether oxygens (including phenoxy) is 1. The van der Waals surface area contributed by atoms with Gasteiger partial charge in [-0.1, -0.05) is 18.6 Å². The number of carbonyl (C=O) groups is 2. The van der Waals surface area contributed by atoms with Crippen molar-refractivity contribution in [2.45, 2.75) is 24.7 Å². The van der Waals surface area contributed by atoms with Crippen molar-refractivity contribution in [3.63, 3.8) is 0 Å². The molecule has 2 amide bonds. The first-order valence-corrected chi connectivity index (χ1v) is 10.0. The minimum Gasteiger partial charge on any atom is -0.497 e. The lowest BCUT2D eigenvalue weighted by molar-refractivity contribution is -0.142. The summed E-state index contributed by atoms with van der Waals surface area (Å²) in [7, 11) is 1.59. The first kappa shape index (κ1) is 19.4. The lowest BCUT2D eigenvalue weighted by Crippen LogP contribution is -2.57. The van der Waals surface area contributed by atoms with Gasteiger partial charge >= 0.3 is 0 Å². The van der Waals surface area contributed by atoms with Crippen molar-refractivity contribution < 1.29 is 18.7 Å². The molecule has 1 aliphatic carbocycles. The fraction of sp³-hybridized carbons (Fsp3) is 0.391. The molecule has 0 N–H and O–H groups in total. The zero-order valence-electron chi connectivity index (χ0n) is 16.6. The third kappa shape index (κ3) is 3.59.